The van der Waals surface area contributed by atoms with Gasteiger partial charge >= 0.3 is 0 Å². The number of anilines is 1. The Morgan fingerprint density at radius 2 is 1.83 bits per heavy atom. The van der Waals surface area contributed by atoms with Crippen molar-refractivity contribution in [2.75, 3.05) is 44.5 Å². The third kappa shape index (κ3) is 8.42. The topological polar surface area (TPSA) is 89.0 Å². The largest absolute Gasteiger partial charge is 0.493 e. The Kier molecular flexibility index (Phi) is 10.2. The summed E-state index contributed by atoms with van der Waals surface area (Å²) in [6.07, 6.45) is 1.26. The van der Waals surface area contributed by atoms with Crippen LogP contribution in [0.1, 0.15) is 19.8 Å². The molecule has 2 aromatic carbocycles. The summed E-state index contributed by atoms with van der Waals surface area (Å²) in [6.45, 7) is 4.32. The molecule has 2 N–H and O–H groups in total. The first-order valence-electron chi connectivity index (χ1n) is 10.1. The Morgan fingerprint density at radius 1 is 1.03 bits per heavy atom. The highest BCUT2D eigenvalue weighted by Gasteiger charge is 2.13. The summed E-state index contributed by atoms with van der Waals surface area (Å²) in [5.41, 5.74) is 0.843. The molecule has 0 bridgehead atoms. The van der Waals surface area contributed by atoms with Crippen LogP contribution >= 0.6 is 0 Å². The molecule has 7 nitrogen and oxygen atoms in total. The highest BCUT2D eigenvalue weighted by atomic mass is 32.2. The third-order valence-corrected chi connectivity index (χ3v) is 5.96. The molecule has 0 aliphatic rings. The zero-order valence-electron chi connectivity index (χ0n) is 17.6. The highest BCUT2D eigenvalue weighted by molar-refractivity contribution is 7.91. The lowest BCUT2D eigenvalue weighted by molar-refractivity contribution is 0.172. The van der Waals surface area contributed by atoms with E-state index in [-0.39, 0.29) is 5.75 Å². The second-order valence-electron chi connectivity index (χ2n) is 6.59. The Balaban J connectivity index is 1.90. The van der Waals surface area contributed by atoms with E-state index in [0.29, 0.717) is 43.6 Å². The maximum Gasteiger partial charge on any atom is 0.195 e. The minimum atomic E-state index is -3.28. The van der Waals surface area contributed by atoms with Crippen LogP contribution in [-0.2, 0) is 14.6 Å². The molecule has 0 saturated carbocycles. The van der Waals surface area contributed by atoms with Gasteiger partial charge in [-0.3, -0.25) is 4.99 Å². The van der Waals surface area contributed by atoms with Gasteiger partial charge in [-0.2, -0.15) is 0 Å². The molecule has 30 heavy (non-hydrogen) atoms. The summed E-state index contributed by atoms with van der Waals surface area (Å²) < 4.78 is 35.5. The molecule has 2 rings (SSSR count). The summed E-state index contributed by atoms with van der Waals surface area (Å²) in [7, 11) is -1.61. The van der Waals surface area contributed by atoms with Gasteiger partial charge in [0.05, 0.1) is 17.3 Å². The number of methoxy groups -OCH3 is 1. The molecule has 0 spiro atoms. The fraction of sp³-hybridized carbons (Fsp3) is 0.409. The van der Waals surface area contributed by atoms with Crippen LogP contribution in [0, 0.1) is 0 Å². The summed E-state index contributed by atoms with van der Waals surface area (Å²) in [6, 6.07) is 16.1. The average Bonchev–Trinajstić information content (AvgIpc) is 2.75. The second-order valence-corrected chi connectivity index (χ2v) is 8.70. The molecule has 0 heterocycles. The van der Waals surface area contributed by atoms with Crippen LogP contribution in [-0.4, -0.2) is 53.5 Å². The Labute approximate surface area is 179 Å². The zero-order valence-corrected chi connectivity index (χ0v) is 18.5. The quantitative estimate of drug-likeness (QED) is 0.303. The number of hydrogen-bond donors (Lipinski definition) is 2. The first-order valence-corrected chi connectivity index (χ1v) is 11.8. The van der Waals surface area contributed by atoms with Gasteiger partial charge in [-0.1, -0.05) is 24.3 Å². The lowest BCUT2D eigenvalue weighted by Gasteiger charge is -2.13. The van der Waals surface area contributed by atoms with Gasteiger partial charge in [-0.05, 0) is 37.6 Å². The standard InChI is InChI=1S/C22H31N3O4S/c1-3-23-22(24-14-8-17-30(26,27)21-12-5-4-6-13-21)25-19-10-7-11-20(18-19)29-16-9-15-28-2/h4-7,10-13,18H,3,8-9,14-17H2,1-2H3,(H2,23,24,25). The highest BCUT2D eigenvalue weighted by Crippen LogP contribution is 2.17. The lowest BCUT2D eigenvalue weighted by Crippen LogP contribution is -2.30. The number of sulfone groups is 1. The molecule has 0 atom stereocenters. The van der Waals surface area contributed by atoms with Crippen LogP contribution < -0.4 is 15.4 Å². The van der Waals surface area contributed by atoms with Gasteiger partial charge in [0.2, 0.25) is 0 Å². The summed E-state index contributed by atoms with van der Waals surface area (Å²) >= 11 is 0. The maximum atomic E-state index is 12.4. The van der Waals surface area contributed by atoms with Crippen molar-refractivity contribution in [2.45, 2.75) is 24.7 Å². The molecule has 2 aromatic rings. The minimum absolute atomic E-state index is 0.0602. The van der Waals surface area contributed by atoms with Gasteiger partial charge in [0, 0.05) is 45.0 Å². The molecule has 8 heteroatoms. The van der Waals surface area contributed by atoms with Crippen LogP contribution in [0.4, 0.5) is 5.69 Å². The molecular formula is C22H31N3O4S. The first kappa shape index (κ1) is 23.7. The number of ether oxygens (including phenoxy) is 2. The smallest absolute Gasteiger partial charge is 0.195 e. The predicted octanol–water partition coefficient (Wildman–Crippen LogP) is 3.34. The fourth-order valence-corrected chi connectivity index (χ4v) is 4.01. The van der Waals surface area contributed by atoms with E-state index in [1.807, 2.05) is 31.2 Å². The van der Waals surface area contributed by atoms with Gasteiger partial charge in [0.15, 0.2) is 15.8 Å². The van der Waals surface area contributed by atoms with E-state index in [2.05, 4.69) is 15.6 Å². The van der Waals surface area contributed by atoms with Crippen molar-refractivity contribution in [3.05, 3.63) is 54.6 Å². The Bertz CT molecular complexity index is 886. The SMILES string of the molecule is CCNC(=NCCCS(=O)(=O)c1ccccc1)Nc1cccc(OCCCOC)c1. The first-order chi connectivity index (χ1) is 14.5. The number of hydrogen-bond acceptors (Lipinski definition) is 5. The van der Waals surface area contributed by atoms with Gasteiger partial charge in [0.1, 0.15) is 5.75 Å². The van der Waals surface area contributed by atoms with Gasteiger partial charge in [-0.25, -0.2) is 8.42 Å². The van der Waals surface area contributed by atoms with Crippen molar-refractivity contribution in [2.24, 2.45) is 4.99 Å². The molecule has 0 fully saturated rings. The molecule has 0 aliphatic carbocycles. The van der Waals surface area contributed by atoms with Crippen molar-refractivity contribution in [3.63, 3.8) is 0 Å². The summed E-state index contributed by atoms with van der Waals surface area (Å²) in [5.74, 6) is 1.43. The molecular weight excluding hydrogens is 402 g/mol. The summed E-state index contributed by atoms with van der Waals surface area (Å²) in [4.78, 5) is 4.84. The van der Waals surface area contributed by atoms with Crippen molar-refractivity contribution in [1.82, 2.24) is 5.32 Å². The summed E-state index contributed by atoms with van der Waals surface area (Å²) in [5, 5.41) is 6.41. The second kappa shape index (κ2) is 12.9. The van der Waals surface area contributed by atoms with Crippen LogP contribution in [0.2, 0.25) is 0 Å². The van der Waals surface area contributed by atoms with Crippen LogP contribution in [0.15, 0.2) is 64.5 Å². The van der Waals surface area contributed by atoms with Crippen LogP contribution in [0.5, 0.6) is 5.75 Å². The van der Waals surface area contributed by atoms with Crippen LogP contribution in [0.3, 0.4) is 0 Å². The van der Waals surface area contributed by atoms with E-state index in [1.165, 1.54) is 0 Å². The minimum Gasteiger partial charge on any atom is -0.493 e. The fourth-order valence-electron chi connectivity index (χ4n) is 2.69. The lowest BCUT2D eigenvalue weighted by atomic mass is 10.3. The number of aliphatic imine (C=N–C) groups is 1. The van der Waals surface area contributed by atoms with E-state index in [4.69, 9.17) is 9.47 Å². The van der Waals surface area contributed by atoms with E-state index in [1.54, 1.807) is 37.4 Å². The van der Waals surface area contributed by atoms with Crippen molar-refractivity contribution < 1.29 is 17.9 Å². The molecule has 0 aromatic heterocycles. The molecule has 0 amide bonds. The van der Waals surface area contributed by atoms with Gasteiger partial charge < -0.3 is 20.1 Å². The molecule has 0 aliphatic heterocycles. The monoisotopic (exact) mass is 433 g/mol. The number of rotatable bonds is 12. The van der Waals surface area contributed by atoms with Gasteiger partial charge in [-0.15, -0.1) is 0 Å². The molecule has 0 unspecified atom stereocenters. The van der Waals surface area contributed by atoms with E-state index < -0.39 is 9.84 Å². The Hall–Kier alpha value is -2.58. The normalized spacial score (nSPS) is 11.9. The number of nitrogens with one attached hydrogen (secondary N) is 2. The van der Waals surface area contributed by atoms with Crippen molar-refractivity contribution in [1.29, 1.82) is 0 Å². The van der Waals surface area contributed by atoms with Gasteiger partial charge in [0.25, 0.3) is 0 Å². The van der Waals surface area contributed by atoms with Crippen LogP contribution in [0.25, 0.3) is 0 Å². The van der Waals surface area contributed by atoms with E-state index in [9.17, 15) is 8.42 Å². The number of nitrogens with zero attached hydrogens (tertiary/aromatic N) is 1. The van der Waals surface area contributed by atoms with E-state index >= 15 is 0 Å². The predicted molar refractivity (Wildman–Crippen MR) is 121 cm³/mol. The van der Waals surface area contributed by atoms with Crippen molar-refractivity contribution in [3.8, 4) is 5.75 Å². The number of guanidine groups is 1. The zero-order chi connectivity index (χ0) is 21.7. The maximum absolute atomic E-state index is 12.4. The molecule has 0 radical (unpaired) electrons. The molecule has 164 valence electrons. The Morgan fingerprint density at radius 3 is 2.57 bits per heavy atom. The number of benzene rings is 2. The molecule has 0 saturated heterocycles. The van der Waals surface area contributed by atoms with Crippen molar-refractivity contribution >= 4 is 21.5 Å². The van der Waals surface area contributed by atoms with E-state index in [0.717, 1.165) is 17.9 Å². The average molecular weight is 434 g/mol. The third-order valence-electron chi connectivity index (χ3n) is 4.15.